The van der Waals surface area contributed by atoms with Gasteiger partial charge in [0.2, 0.25) is 5.91 Å². The molecule has 7 N–H and O–H groups in total. The maximum atomic E-state index is 10.8. The van der Waals surface area contributed by atoms with Crippen LogP contribution in [-0.2, 0) is 4.79 Å². The number of hydrogen-bond donors (Lipinski definition) is 6. The Morgan fingerprint density at radius 3 is 1.94 bits per heavy atom. The topological polar surface area (TPSA) is 127 Å². The fraction of sp³-hybridized carbons (Fsp3) is 0.100. The molecule has 0 saturated heterocycles. The number of amides is 1. The summed E-state index contributed by atoms with van der Waals surface area (Å²) in [6.45, 7) is 1.43. The van der Waals surface area contributed by atoms with Crippen LogP contribution in [0.25, 0.3) is 0 Å². The number of benzene rings is 1. The number of anilines is 2. The lowest BCUT2D eigenvalue weighted by atomic mass is 10.3. The average Bonchev–Trinajstić information content (AvgIpc) is 2.18. The summed E-state index contributed by atoms with van der Waals surface area (Å²) < 4.78 is 0. The van der Waals surface area contributed by atoms with Crippen LogP contribution in [0, 0.1) is 10.8 Å². The molecule has 0 spiro atoms. The number of guanidine groups is 2. The van der Waals surface area contributed by atoms with Crippen molar-refractivity contribution in [2.45, 2.75) is 6.92 Å². The fourth-order valence-corrected chi connectivity index (χ4v) is 1.15. The summed E-state index contributed by atoms with van der Waals surface area (Å²) in [7, 11) is 0. The van der Waals surface area contributed by atoms with E-state index in [1.165, 1.54) is 6.92 Å². The van der Waals surface area contributed by atoms with Crippen LogP contribution in [0.2, 0.25) is 0 Å². The van der Waals surface area contributed by atoms with Gasteiger partial charge in [-0.15, -0.1) is 12.4 Å². The van der Waals surface area contributed by atoms with Crippen molar-refractivity contribution in [2.75, 3.05) is 10.6 Å². The smallest absolute Gasteiger partial charge is 0.221 e. The van der Waals surface area contributed by atoms with E-state index in [1.54, 1.807) is 24.3 Å². The first-order chi connectivity index (χ1) is 7.97. The van der Waals surface area contributed by atoms with E-state index in [4.69, 9.17) is 16.6 Å². The number of nitrogens with one attached hydrogen (secondary N) is 5. The highest BCUT2D eigenvalue weighted by molar-refractivity contribution is 6.02. The molecular weight excluding hydrogens is 256 g/mol. The zero-order chi connectivity index (χ0) is 12.8. The Balaban J connectivity index is 0.00000289. The maximum absolute atomic E-state index is 10.8. The highest BCUT2D eigenvalue weighted by Gasteiger charge is 1.99. The zero-order valence-corrected chi connectivity index (χ0v) is 10.5. The van der Waals surface area contributed by atoms with E-state index in [9.17, 15) is 4.79 Å². The normalized spacial score (nSPS) is 8.72. The summed E-state index contributed by atoms with van der Waals surface area (Å²) in [5.74, 6) is -0.543. The summed E-state index contributed by atoms with van der Waals surface area (Å²) in [5, 5.41) is 22.0. The Labute approximate surface area is 111 Å². The molecule has 0 saturated carbocycles. The SMILES string of the molecule is CC(=O)Nc1ccc(NC(=N)NC(=N)N)cc1.Cl. The second-order valence-electron chi connectivity index (χ2n) is 3.30. The lowest BCUT2D eigenvalue weighted by Gasteiger charge is -2.09. The molecule has 1 aromatic rings. The third-order valence-electron chi connectivity index (χ3n) is 1.73. The summed E-state index contributed by atoms with van der Waals surface area (Å²) in [4.78, 5) is 10.8. The Morgan fingerprint density at radius 2 is 1.56 bits per heavy atom. The minimum absolute atomic E-state index is 0. The van der Waals surface area contributed by atoms with Crippen LogP contribution in [0.5, 0.6) is 0 Å². The Hall–Kier alpha value is -2.28. The molecule has 0 aliphatic rings. The van der Waals surface area contributed by atoms with E-state index in [-0.39, 0.29) is 30.2 Å². The molecule has 0 unspecified atom stereocenters. The van der Waals surface area contributed by atoms with Crippen molar-refractivity contribution in [1.82, 2.24) is 5.32 Å². The van der Waals surface area contributed by atoms with Gasteiger partial charge in [-0.1, -0.05) is 0 Å². The van der Waals surface area contributed by atoms with Gasteiger partial charge in [-0.25, -0.2) is 0 Å². The van der Waals surface area contributed by atoms with Gasteiger partial charge in [0.25, 0.3) is 0 Å². The van der Waals surface area contributed by atoms with Crippen molar-refractivity contribution in [3.05, 3.63) is 24.3 Å². The minimum Gasteiger partial charge on any atom is -0.370 e. The third-order valence-corrected chi connectivity index (χ3v) is 1.73. The third kappa shape index (κ3) is 5.71. The molecule has 8 heteroatoms. The molecule has 0 atom stereocenters. The molecule has 0 aliphatic carbocycles. The fourth-order valence-electron chi connectivity index (χ4n) is 1.15. The summed E-state index contributed by atoms with van der Waals surface area (Å²) in [6.07, 6.45) is 0. The number of carbonyl (C=O) groups is 1. The number of hydrogen-bond acceptors (Lipinski definition) is 3. The predicted molar refractivity (Wildman–Crippen MR) is 74.4 cm³/mol. The van der Waals surface area contributed by atoms with Crippen molar-refractivity contribution in [2.24, 2.45) is 5.73 Å². The molecule has 0 radical (unpaired) electrons. The Morgan fingerprint density at radius 1 is 1.11 bits per heavy atom. The van der Waals surface area contributed by atoms with Gasteiger partial charge in [-0.3, -0.25) is 20.9 Å². The lowest BCUT2D eigenvalue weighted by Crippen LogP contribution is -2.39. The first-order valence-electron chi connectivity index (χ1n) is 4.81. The first-order valence-corrected chi connectivity index (χ1v) is 4.81. The quantitative estimate of drug-likeness (QED) is 0.352. The van der Waals surface area contributed by atoms with Crippen LogP contribution in [0.15, 0.2) is 24.3 Å². The Kier molecular flexibility index (Phi) is 6.22. The van der Waals surface area contributed by atoms with Gasteiger partial charge >= 0.3 is 0 Å². The zero-order valence-electron chi connectivity index (χ0n) is 9.70. The molecular formula is C10H15ClN6O. The summed E-state index contributed by atoms with van der Waals surface area (Å²) in [6, 6.07) is 6.79. The predicted octanol–water partition coefficient (Wildman–Crippen LogP) is 0.897. The van der Waals surface area contributed by atoms with E-state index in [2.05, 4.69) is 16.0 Å². The highest BCUT2D eigenvalue weighted by Crippen LogP contribution is 2.12. The van der Waals surface area contributed by atoms with Crippen LogP contribution in [-0.4, -0.2) is 17.8 Å². The summed E-state index contributed by atoms with van der Waals surface area (Å²) >= 11 is 0. The molecule has 0 heterocycles. The van der Waals surface area contributed by atoms with E-state index in [1.807, 2.05) is 0 Å². The second kappa shape index (κ2) is 7.13. The van der Waals surface area contributed by atoms with E-state index in [0.29, 0.717) is 11.4 Å². The number of nitrogens with two attached hydrogens (primary N) is 1. The molecule has 0 fully saturated rings. The van der Waals surface area contributed by atoms with Crippen molar-refractivity contribution >= 4 is 41.6 Å². The second-order valence-corrected chi connectivity index (χ2v) is 3.30. The van der Waals surface area contributed by atoms with Crippen molar-refractivity contribution in [1.29, 1.82) is 10.8 Å². The van der Waals surface area contributed by atoms with Gasteiger partial charge < -0.3 is 16.4 Å². The Bertz CT molecular complexity index is 444. The number of rotatable bonds is 2. The first kappa shape index (κ1) is 15.7. The van der Waals surface area contributed by atoms with Gasteiger partial charge in [-0.05, 0) is 24.3 Å². The summed E-state index contributed by atoms with van der Waals surface area (Å²) in [5.41, 5.74) is 6.40. The molecule has 0 bridgehead atoms. The molecule has 1 rings (SSSR count). The molecule has 98 valence electrons. The van der Waals surface area contributed by atoms with Gasteiger partial charge in [-0.2, -0.15) is 0 Å². The molecule has 0 aromatic heterocycles. The van der Waals surface area contributed by atoms with Crippen LogP contribution in [0.1, 0.15) is 6.92 Å². The van der Waals surface area contributed by atoms with Gasteiger partial charge in [0, 0.05) is 18.3 Å². The highest BCUT2D eigenvalue weighted by atomic mass is 35.5. The number of carbonyl (C=O) groups excluding carboxylic acids is 1. The average molecular weight is 271 g/mol. The molecule has 0 aliphatic heterocycles. The monoisotopic (exact) mass is 270 g/mol. The van der Waals surface area contributed by atoms with E-state index >= 15 is 0 Å². The van der Waals surface area contributed by atoms with Crippen LogP contribution in [0.4, 0.5) is 11.4 Å². The van der Waals surface area contributed by atoms with Gasteiger partial charge in [0.1, 0.15) is 0 Å². The standard InChI is InChI=1S/C10H14N6O.ClH/c1-6(17)14-7-2-4-8(5-3-7)15-10(13)16-9(11)12;/h2-5H,1H3,(H,14,17)(H6,11,12,13,15,16);1H. The van der Waals surface area contributed by atoms with E-state index < -0.39 is 0 Å². The van der Waals surface area contributed by atoms with Gasteiger partial charge in [0.15, 0.2) is 11.9 Å². The largest absolute Gasteiger partial charge is 0.370 e. The molecule has 1 amide bonds. The number of halogens is 1. The van der Waals surface area contributed by atoms with Gasteiger partial charge in [0.05, 0.1) is 0 Å². The minimum atomic E-state index is -0.308. The van der Waals surface area contributed by atoms with Crippen LogP contribution in [0.3, 0.4) is 0 Å². The maximum Gasteiger partial charge on any atom is 0.221 e. The lowest BCUT2D eigenvalue weighted by molar-refractivity contribution is -0.114. The molecule has 1 aromatic carbocycles. The molecule has 18 heavy (non-hydrogen) atoms. The molecule has 7 nitrogen and oxygen atoms in total. The van der Waals surface area contributed by atoms with Crippen molar-refractivity contribution < 1.29 is 4.79 Å². The van der Waals surface area contributed by atoms with Crippen LogP contribution >= 0.6 is 12.4 Å². The van der Waals surface area contributed by atoms with E-state index in [0.717, 1.165) is 0 Å². The van der Waals surface area contributed by atoms with Crippen molar-refractivity contribution in [3.8, 4) is 0 Å². The van der Waals surface area contributed by atoms with Crippen molar-refractivity contribution in [3.63, 3.8) is 0 Å². The van der Waals surface area contributed by atoms with Crippen LogP contribution < -0.4 is 21.7 Å².